The number of imidazole rings is 1. The predicted octanol–water partition coefficient (Wildman–Crippen LogP) is 0.746. The molecule has 3 heteroatoms. The van der Waals surface area contributed by atoms with E-state index in [1.54, 1.807) is 6.33 Å². The highest BCUT2D eigenvalue weighted by Gasteiger charge is 2.18. The van der Waals surface area contributed by atoms with Gasteiger partial charge in [0.1, 0.15) is 0 Å². The molecule has 0 radical (unpaired) electrons. The van der Waals surface area contributed by atoms with Crippen molar-refractivity contribution in [2.75, 3.05) is 0 Å². The number of nitrogens with one attached hydrogen (secondary N) is 1. The number of hydrogen-bond donors (Lipinski definition) is 2. The minimum atomic E-state index is 0.176. The smallest absolute Gasteiger partial charge is 0.0925 e. The van der Waals surface area contributed by atoms with Crippen molar-refractivity contribution >= 4 is 0 Å². The van der Waals surface area contributed by atoms with Crippen LogP contribution in [-0.2, 0) is 6.42 Å². The molecule has 0 amide bonds. The molecule has 1 atom stereocenters. The number of H-pyrrole nitrogens is 1. The van der Waals surface area contributed by atoms with Gasteiger partial charge in [-0.15, -0.1) is 0 Å². The number of hydrogen-bond acceptors (Lipinski definition) is 2. The third-order valence-corrected chi connectivity index (χ3v) is 2.04. The molecular weight excluding hydrogens is 126 g/mol. The second-order valence-corrected chi connectivity index (χ2v) is 2.77. The summed E-state index contributed by atoms with van der Waals surface area (Å²) in [6.45, 7) is 0. The van der Waals surface area contributed by atoms with Gasteiger partial charge >= 0.3 is 0 Å². The monoisotopic (exact) mass is 137 g/mol. The Labute approximate surface area is 59.7 Å². The molecule has 0 spiro atoms. The summed E-state index contributed by atoms with van der Waals surface area (Å²) in [4.78, 5) is 7.25. The molecule has 1 aliphatic rings. The molecule has 1 unspecified atom stereocenters. The summed E-state index contributed by atoms with van der Waals surface area (Å²) in [5.41, 5.74) is 8.12. The molecule has 1 aliphatic carbocycles. The molecule has 3 N–H and O–H groups in total. The summed E-state index contributed by atoms with van der Waals surface area (Å²) in [7, 11) is 0. The second-order valence-electron chi connectivity index (χ2n) is 2.77. The zero-order chi connectivity index (χ0) is 6.97. The van der Waals surface area contributed by atoms with Gasteiger partial charge in [-0.1, -0.05) is 0 Å². The van der Waals surface area contributed by atoms with Gasteiger partial charge in [-0.05, 0) is 19.3 Å². The lowest BCUT2D eigenvalue weighted by Crippen LogP contribution is -2.17. The van der Waals surface area contributed by atoms with E-state index in [-0.39, 0.29) is 6.04 Å². The van der Waals surface area contributed by atoms with Crippen molar-refractivity contribution in [3.05, 3.63) is 17.7 Å². The molecule has 0 bridgehead atoms. The van der Waals surface area contributed by atoms with Crippen molar-refractivity contribution in [3.8, 4) is 0 Å². The summed E-state index contributed by atoms with van der Waals surface area (Å²) in [5.74, 6) is 0. The number of rotatable bonds is 0. The van der Waals surface area contributed by atoms with E-state index in [0.717, 1.165) is 18.5 Å². The largest absolute Gasteiger partial charge is 0.348 e. The number of aromatic amines is 1. The third kappa shape index (κ3) is 0.743. The van der Waals surface area contributed by atoms with Gasteiger partial charge in [-0.25, -0.2) is 4.98 Å². The van der Waals surface area contributed by atoms with Crippen molar-refractivity contribution in [3.63, 3.8) is 0 Å². The van der Waals surface area contributed by atoms with Gasteiger partial charge in [-0.2, -0.15) is 0 Å². The van der Waals surface area contributed by atoms with Crippen LogP contribution < -0.4 is 5.73 Å². The first-order valence-electron chi connectivity index (χ1n) is 3.65. The highest BCUT2D eigenvalue weighted by molar-refractivity contribution is 5.17. The van der Waals surface area contributed by atoms with Crippen LogP contribution in [-0.4, -0.2) is 9.97 Å². The van der Waals surface area contributed by atoms with Gasteiger partial charge < -0.3 is 10.7 Å². The van der Waals surface area contributed by atoms with E-state index < -0.39 is 0 Å². The topological polar surface area (TPSA) is 54.7 Å². The van der Waals surface area contributed by atoms with Gasteiger partial charge in [0.15, 0.2) is 0 Å². The summed E-state index contributed by atoms with van der Waals surface area (Å²) in [6, 6.07) is 0.176. The molecule has 0 fully saturated rings. The molecule has 10 heavy (non-hydrogen) atoms. The highest BCUT2D eigenvalue weighted by atomic mass is 14.9. The fourth-order valence-corrected chi connectivity index (χ4v) is 1.49. The van der Waals surface area contributed by atoms with Gasteiger partial charge in [-0.3, -0.25) is 0 Å². The Morgan fingerprint density at radius 3 is 3.40 bits per heavy atom. The number of nitrogens with two attached hydrogens (primary N) is 1. The van der Waals surface area contributed by atoms with Gasteiger partial charge in [0.25, 0.3) is 0 Å². The first-order valence-corrected chi connectivity index (χ1v) is 3.65. The molecule has 1 aromatic heterocycles. The van der Waals surface area contributed by atoms with Crippen LogP contribution in [0.1, 0.15) is 30.3 Å². The molecule has 3 nitrogen and oxygen atoms in total. The lowest BCUT2D eigenvalue weighted by Gasteiger charge is -2.15. The van der Waals surface area contributed by atoms with E-state index in [1.165, 1.54) is 12.1 Å². The van der Waals surface area contributed by atoms with Crippen LogP contribution in [0.15, 0.2) is 6.33 Å². The van der Waals surface area contributed by atoms with E-state index in [0.29, 0.717) is 0 Å². The second kappa shape index (κ2) is 2.09. The molecule has 0 aliphatic heterocycles. The van der Waals surface area contributed by atoms with Crippen LogP contribution in [0.4, 0.5) is 0 Å². The summed E-state index contributed by atoms with van der Waals surface area (Å²) >= 11 is 0. The molecule has 1 heterocycles. The average Bonchev–Trinajstić information content (AvgIpc) is 2.36. The SMILES string of the molecule is NC1CCCc2[nH]cnc21. The minimum Gasteiger partial charge on any atom is -0.348 e. The number of aromatic nitrogens is 2. The third-order valence-electron chi connectivity index (χ3n) is 2.04. The van der Waals surface area contributed by atoms with Crippen LogP contribution in [0.2, 0.25) is 0 Å². The standard InChI is InChI=1S/C7H11N3/c8-5-2-1-3-6-7(5)10-4-9-6/h4-5H,1-3,8H2,(H,9,10). The van der Waals surface area contributed by atoms with Crippen LogP contribution in [0, 0.1) is 0 Å². The minimum absolute atomic E-state index is 0.176. The van der Waals surface area contributed by atoms with E-state index in [2.05, 4.69) is 9.97 Å². The Bertz CT molecular complexity index is 229. The Hall–Kier alpha value is -0.830. The van der Waals surface area contributed by atoms with Crippen LogP contribution >= 0.6 is 0 Å². The number of nitrogens with zero attached hydrogens (tertiary/aromatic N) is 1. The van der Waals surface area contributed by atoms with Crippen molar-refractivity contribution in [2.24, 2.45) is 5.73 Å². The Kier molecular flexibility index (Phi) is 1.24. The molecule has 2 rings (SSSR count). The van der Waals surface area contributed by atoms with Gasteiger partial charge in [0, 0.05) is 11.7 Å². The maximum absolute atomic E-state index is 5.81. The maximum atomic E-state index is 5.81. The zero-order valence-electron chi connectivity index (χ0n) is 5.80. The first kappa shape index (κ1) is 5.92. The normalized spacial score (nSPS) is 24.3. The van der Waals surface area contributed by atoms with Crippen molar-refractivity contribution in [2.45, 2.75) is 25.3 Å². The summed E-state index contributed by atoms with van der Waals surface area (Å²) in [6.07, 6.45) is 5.12. The van der Waals surface area contributed by atoms with E-state index >= 15 is 0 Å². The van der Waals surface area contributed by atoms with E-state index in [1.807, 2.05) is 0 Å². The van der Waals surface area contributed by atoms with E-state index in [9.17, 15) is 0 Å². The fraction of sp³-hybridized carbons (Fsp3) is 0.571. The van der Waals surface area contributed by atoms with Gasteiger partial charge in [0.2, 0.25) is 0 Å². The molecular formula is C7H11N3. The van der Waals surface area contributed by atoms with Crippen molar-refractivity contribution < 1.29 is 0 Å². The number of fused-ring (bicyclic) bond motifs is 1. The predicted molar refractivity (Wildman–Crippen MR) is 38.5 cm³/mol. The summed E-state index contributed by atoms with van der Waals surface area (Å²) < 4.78 is 0. The maximum Gasteiger partial charge on any atom is 0.0925 e. The van der Waals surface area contributed by atoms with Crippen molar-refractivity contribution in [1.82, 2.24) is 9.97 Å². The highest BCUT2D eigenvalue weighted by Crippen LogP contribution is 2.23. The lowest BCUT2D eigenvalue weighted by atomic mass is 9.97. The Morgan fingerprint density at radius 2 is 2.60 bits per heavy atom. The lowest BCUT2D eigenvalue weighted by molar-refractivity contribution is 0.555. The van der Waals surface area contributed by atoms with Gasteiger partial charge in [0.05, 0.1) is 12.0 Å². The molecule has 54 valence electrons. The van der Waals surface area contributed by atoms with Crippen LogP contribution in [0.3, 0.4) is 0 Å². The molecule has 1 aromatic rings. The molecule has 0 saturated heterocycles. The van der Waals surface area contributed by atoms with E-state index in [4.69, 9.17) is 5.73 Å². The molecule has 0 saturated carbocycles. The Morgan fingerprint density at radius 1 is 1.70 bits per heavy atom. The first-order chi connectivity index (χ1) is 4.88. The summed E-state index contributed by atoms with van der Waals surface area (Å²) in [5, 5.41) is 0. The fourth-order valence-electron chi connectivity index (χ4n) is 1.49. The zero-order valence-corrected chi connectivity index (χ0v) is 5.80. The quantitative estimate of drug-likeness (QED) is 0.554. The molecule has 0 aromatic carbocycles. The van der Waals surface area contributed by atoms with Crippen molar-refractivity contribution in [1.29, 1.82) is 0 Å². The number of aryl methyl sites for hydroxylation is 1. The van der Waals surface area contributed by atoms with Crippen LogP contribution in [0.25, 0.3) is 0 Å². The Balaban J connectivity index is 2.41. The average molecular weight is 137 g/mol. The van der Waals surface area contributed by atoms with Crippen LogP contribution in [0.5, 0.6) is 0 Å².